The summed E-state index contributed by atoms with van der Waals surface area (Å²) in [6.07, 6.45) is -1.35. The van der Waals surface area contributed by atoms with Crippen LogP contribution < -0.4 is 4.74 Å². The molecule has 13 heavy (non-hydrogen) atoms. The maximum absolute atomic E-state index is 12.5. The number of alkyl halides is 2. The zero-order valence-corrected chi connectivity index (χ0v) is 9.44. The van der Waals surface area contributed by atoms with Crippen molar-refractivity contribution >= 4 is 34.2 Å². The van der Waals surface area contributed by atoms with E-state index in [-0.39, 0.29) is 20.0 Å². The first kappa shape index (κ1) is 10.9. The van der Waals surface area contributed by atoms with Crippen molar-refractivity contribution in [3.05, 3.63) is 20.5 Å². The molecule has 72 valence electrons. The minimum absolute atomic E-state index is 0.00364. The van der Waals surface area contributed by atoms with Crippen LogP contribution in [0.4, 0.5) is 8.78 Å². The van der Waals surface area contributed by atoms with Gasteiger partial charge in [-0.2, -0.15) is 0 Å². The maximum Gasteiger partial charge on any atom is 0.270 e. The monoisotopic (exact) mass is 319 g/mol. The highest BCUT2D eigenvalue weighted by Gasteiger charge is 2.21. The van der Waals surface area contributed by atoms with Crippen molar-refractivity contribution in [3.8, 4) is 5.75 Å². The lowest BCUT2D eigenvalue weighted by molar-refractivity contribution is 0.145. The Morgan fingerprint density at radius 1 is 1.62 bits per heavy atom. The predicted molar refractivity (Wildman–Crippen MR) is 53.5 cm³/mol. The van der Waals surface area contributed by atoms with E-state index in [2.05, 4.69) is 4.98 Å². The van der Waals surface area contributed by atoms with Crippen LogP contribution in [-0.2, 0) is 0 Å². The van der Waals surface area contributed by atoms with E-state index in [0.29, 0.717) is 0 Å². The first-order valence-electron chi connectivity index (χ1n) is 3.24. The van der Waals surface area contributed by atoms with Gasteiger partial charge in [-0.3, -0.25) is 0 Å². The molecule has 0 atom stereocenters. The second kappa shape index (κ2) is 4.36. The molecule has 1 aromatic rings. The van der Waals surface area contributed by atoms with Crippen LogP contribution in [0.15, 0.2) is 6.20 Å². The van der Waals surface area contributed by atoms with E-state index < -0.39 is 6.43 Å². The van der Waals surface area contributed by atoms with Crippen LogP contribution in [0.1, 0.15) is 12.0 Å². The molecule has 0 fully saturated rings. The summed E-state index contributed by atoms with van der Waals surface area (Å²) in [5.74, 6) is -0.00364. The number of halogens is 4. The lowest BCUT2D eigenvalue weighted by atomic mass is 10.3. The highest BCUT2D eigenvalue weighted by atomic mass is 127. The molecule has 1 heterocycles. The van der Waals surface area contributed by atoms with E-state index in [1.807, 2.05) is 0 Å². The summed E-state index contributed by atoms with van der Waals surface area (Å²) < 4.78 is 29.9. The summed E-state index contributed by atoms with van der Waals surface area (Å²) in [6.45, 7) is 0. The zero-order chi connectivity index (χ0) is 10.0. The molecule has 0 radical (unpaired) electrons. The number of methoxy groups -OCH3 is 1. The second-order valence-electron chi connectivity index (χ2n) is 2.14. The van der Waals surface area contributed by atoms with Crippen LogP contribution in [0.5, 0.6) is 5.75 Å². The number of aromatic nitrogens is 1. The molecule has 0 saturated heterocycles. The molecular weight excluding hydrogens is 314 g/mol. The average molecular weight is 319 g/mol. The first-order chi connectivity index (χ1) is 6.07. The molecule has 0 aliphatic carbocycles. The third kappa shape index (κ3) is 2.19. The van der Waals surface area contributed by atoms with Crippen molar-refractivity contribution in [1.82, 2.24) is 4.98 Å². The third-order valence-corrected chi connectivity index (χ3v) is 2.53. The van der Waals surface area contributed by atoms with Crippen LogP contribution in [0, 0.1) is 3.70 Å². The van der Waals surface area contributed by atoms with Gasteiger partial charge in [-0.15, -0.1) is 0 Å². The maximum atomic E-state index is 12.5. The molecule has 1 aromatic heterocycles. The third-order valence-electron chi connectivity index (χ3n) is 1.40. The van der Waals surface area contributed by atoms with Crippen LogP contribution in [-0.4, -0.2) is 12.1 Å². The first-order valence-corrected chi connectivity index (χ1v) is 4.69. The van der Waals surface area contributed by atoms with Crippen molar-refractivity contribution in [2.75, 3.05) is 7.11 Å². The fourth-order valence-electron chi connectivity index (χ4n) is 0.860. The predicted octanol–water partition coefficient (Wildman–Crippen LogP) is 3.29. The molecule has 0 aromatic carbocycles. The Balaban J connectivity index is 3.35. The molecular formula is C7H5ClF2INO. The molecule has 0 spiro atoms. The van der Waals surface area contributed by atoms with Crippen LogP contribution in [0.25, 0.3) is 0 Å². The van der Waals surface area contributed by atoms with E-state index >= 15 is 0 Å². The molecule has 0 N–H and O–H groups in total. The lowest BCUT2D eigenvalue weighted by Crippen LogP contribution is -1.98. The molecule has 0 aliphatic heterocycles. The van der Waals surface area contributed by atoms with Crippen LogP contribution >= 0.6 is 34.2 Å². The summed E-state index contributed by atoms with van der Waals surface area (Å²) in [5, 5.41) is 0.0956. The fraction of sp³-hybridized carbons (Fsp3) is 0.286. The van der Waals surface area contributed by atoms with Crippen LogP contribution in [0.3, 0.4) is 0 Å². The van der Waals surface area contributed by atoms with Crippen molar-refractivity contribution in [1.29, 1.82) is 0 Å². The molecule has 1 rings (SSSR count). The van der Waals surface area contributed by atoms with E-state index in [1.165, 1.54) is 13.3 Å². The van der Waals surface area contributed by atoms with Gasteiger partial charge in [-0.1, -0.05) is 11.6 Å². The number of pyridine rings is 1. The molecule has 0 aliphatic rings. The molecule has 0 amide bonds. The zero-order valence-electron chi connectivity index (χ0n) is 6.52. The Bertz CT molecular complexity index is 322. The van der Waals surface area contributed by atoms with Gasteiger partial charge in [0.25, 0.3) is 6.43 Å². The average Bonchev–Trinajstić information content (AvgIpc) is 2.07. The van der Waals surface area contributed by atoms with E-state index in [4.69, 9.17) is 16.3 Å². The number of rotatable bonds is 2. The van der Waals surface area contributed by atoms with E-state index in [9.17, 15) is 8.78 Å². The lowest BCUT2D eigenvalue weighted by Gasteiger charge is -2.10. The Kier molecular flexibility index (Phi) is 3.66. The van der Waals surface area contributed by atoms with Gasteiger partial charge in [-0.25, -0.2) is 13.8 Å². The van der Waals surface area contributed by atoms with Gasteiger partial charge in [0, 0.05) is 0 Å². The summed E-state index contributed by atoms with van der Waals surface area (Å²) in [6, 6.07) is 0. The standard InChI is InChI=1S/C7H5ClF2INO/c1-13-5-3(8)2-12-7(11)4(5)6(9)10/h2,6H,1H3. The van der Waals surface area contributed by atoms with E-state index in [0.717, 1.165) is 0 Å². The van der Waals surface area contributed by atoms with Gasteiger partial charge in [0.15, 0.2) is 5.75 Å². The van der Waals surface area contributed by atoms with Crippen molar-refractivity contribution in [3.63, 3.8) is 0 Å². The summed E-state index contributed by atoms with van der Waals surface area (Å²) in [7, 11) is 1.29. The molecule has 0 saturated carbocycles. The topological polar surface area (TPSA) is 22.1 Å². The normalized spacial score (nSPS) is 10.6. The quantitative estimate of drug-likeness (QED) is 0.616. The van der Waals surface area contributed by atoms with Gasteiger partial charge in [0.1, 0.15) is 8.72 Å². The number of ether oxygens (including phenoxy) is 1. The summed E-state index contributed by atoms with van der Waals surface area (Å²) in [5.41, 5.74) is -0.254. The number of nitrogens with zero attached hydrogens (tertiary/aromatic N) is 1. The fourth-order valence-corrected chi connectivity index (χ4v) is 1.71. The highest BCUT2D eigenvalue weighted by Crippen LogP contribution is 2.36. The minimum Gasteiger partial charge on any atom is -0.495 e. The van der Waals surface area contributed by atoms with Crippen molar-refractivity contribution in [2.45, 2.75) is 6.43 Å². The van der Waals surface area contributed by atoms with Crippen molar-refractivity contribution < 1.29 is 13.5 Å². The van der Waals surface area contributed by atoms with Gasteiger partial charge in [-0.05, 0) is 22.6 Å². The minimum atomic E-state index is -2.63. The van der Waals surface area contributed by atoms with Crippen LogP contribution in [0.2, 0.25) is 5.02 Å². The highest BCUT2D eigenvalue weighted by molar-refractivity contribution is 14.1. The Labute approximate surface area is 92.4 Å². The van der Waals surface area contributed by atoms with Gasteiger partial charge >= 0.3 is 0 Å². The summed E-state index contributed by atoms with van der Waals surface area (Å²) in [4.78, 5) is 3.70. The molecule has 6 heteroatoms. The molecule has 0 bridgehead atoms. The molecule has 2 nitrogen and oxygen atoms in total. The molecule has 0 unspecified atom stereocenters. The van der Waals surface area contributed by atoms with Crippen molar-refractivity contribution in [2.24, 2.45) is 0 Å². The smallest absolute Gasteiger partial charge is 0.270 e. The summed E-state index contributed by atoms with van der Waals surface area (Å²) >= 11 is 7.33. The van der Waals surface area contributed by atoms with Gasteiger partial charge in [0.05, 0.1) is 18.9 Å². The number of hydrogen-bond acceptors (Lipinski definition) is 2. The SMILES string of the molecule is COc1c(Cl)cnc(I)c1C(F)F. The van der Waals surface area contributed by atoms with E-state index in [1.54, 1.807) is 22.6 Å². The number of hydrogen-bond donors (Lipinski definition) is 0. The Morgan fingerprint density at radius 3 is 2.62 bits per heavy atom. The Morgan fingerprint density at radius 2 is 2.23 bits per heavy atom. The van der Waals surface area contributed by atoms with Gasteiger partial charge < -0.3 is 4.74 Å². The second-order valence-corrected chi connectivity index (χ2v) is 3.57. The largest absolute Gasteiger partial charge is 0.495 e. The van der Waals surface area contributed by atoms with Gasteiger partial charge in [0.2, 0.25) is 0 Å². The Hall–Kier alpha value is -0.170.